The summed E-state index contributed by atoms with van der Waals surface area (Å²) in [7, 11) is 0. The summed E-state index contributed by atoms with van der Waals surface area (Å²) in [5, 5.41) is 9.25. The number of carbonyl (C=O) groups excluding carboxylic acids is 1. The maximum absolute atomic E-state index is 11.4. The van der Waals surface area contributed by atoms with Gasteiger partial charge in [-0.05, 0) is 44.9 Å². The van der Waals surface area contributed by atoms with Crippen molar-refractivity contribution in [2.45, 2.75) is 129 Å². The molecule has 0 amide bonds. The number of allylic oxidation sites excluding steroid dienone is 4. The standard InChI is InChI=1S/C28H52O4/c1-3-5-6-7-8-9-10-11-12-13-14-15-16-17-18-19-20-21-22-24-31-26-27(25-29)32-28(30)23-4-2/h9-10,12-13,27,29H,3-8,11,14-26H2,1-2H3/b10-9-,13-12-. The molecule has 0 saturated carbocycles. The van der Waals surface area contributed by atoms with Crippen molar-refractivity contribution in [1.29, 1.82) is 0 Å². The van der Waals surface area contributed by atoms with Gasteiger partial charge >= 0.3 is 5.97 Å². The molecule has 0 aromatic heterocycles. The number of hydrogen-bond acceptors (Lipinski definition) is 4. The van der Waals surface area contributed by atoms with Crippen LogP contribution in [0, 0.1) is 0 Å². The molecule has 0 heterocycles. The second kappa shape index (κ2) is 26.1. The number of aliphatic hydroxyl groups is 1. The minimum Gasteiger partial charge on any atom is -0.457 e. The zero-order valence-corrected chi connectivity index (χ0v) is 21.2. The van der Waals surface area contributed by atoms with E-state index in [1.165, 1.54) is 83.5 Å². The number of rotatable bonds is 24. The van der Waals surface area contributed by atoms with Crippen molar-refractivity contribution < 1.29 is 19.4 Å². The zero-order chi connectivity index (χ0) is 23.5. The van der Waals surface area contributed by atoms with E-state index < -0.39 is 6.10 Å². The van der Waals surface area contributed by atoms with Gasteiger partial charge in [-0.15, -0.1) is 0 Å². The highest BCUT2D eigenvalue weighted by atomic mass is 16.6. The van der Waals surface area contributed by atoms with Gasteiger partial charge in [0.1, 0.15) is 6.10 Å². The van der Waals surface area contributed by atoms with Gasteiger partial charge in [-0.3, -0.25) is 4.79 Å². The lowest BCUT2D eigenvalue weighted by Gasteiger charge is -2.15. The van der Waals surface area contributed by atoms with Gasteiger partial charge in [-0.2, -0.15) is 0 Å². The summed E-state index contributed by atoms with van der Waals surface area (Å²) >= 11 is 0. The van der Waals surface area contributed by atoms with Crippen molar-refractivity contribution >= 4 is 5.97 Å². The second-order valence-electron chi connectivity index (χ2n) is 8.76. The van der Waals surface area contributed by atoms with Crippen LogP contribution in [0.3, 0.4) is 0 Å². The third-order valence-electron chi connectivity index (χ3n) is 5.50. The molecular formula is C28H52O4. The van der Waals surface area contributed by atoms with Crippen LogP contribution < -0.4 is 0 Å². The van der Waals surface area contributed by atoms with Crippen molar-refractivity contribution in [2.24, 2.45) is 0 Å². The maximum atomic E-state index is 11.4. The van der Waals surface area contributed by atoms with Gasteiger partial charge in [0.2, 0.25) is 0 Å². The smallest absolute Gasteiger partial charge is 0.306 e. The summed E-state index contributed by atoms with van der Waals surface area (Å²) in [6.45, 7) is 4.97. The van der Waals surface area contributed by atoms with E-state index in [0.29, 0.717) is 13.0 Å². The van der Waals surface area contributed by atoms with E-state index in [1.807, 2.05) is 6.92 Å². The Bertz CT molecular complexity index is 445. The fraction of sp³-hybridized carbons (Fsp3) is 0.821. The molecule has 0 fully saturated rings. The van der Waals surface area contributed by atoms with Crippen LogP contribution in [-0.2, 0) is 14.3 Å². The summed E-state index contributed by atoms with van der Waals surface area (Å²) in [6, 6.07) is 0. The molecule has 0 spiro atoms. The van der Waals surface area contributed by atoms with E-state index in [0.717, 1.165) is 19.3 Å². The van der Waals surface area contributed by atoms with Crippen molar-refractivity contribution in [3.05, 3.63) is 24.3 Å². The third-order valence-corrected chi connectivity index (χ3v) is 5.50. The number of hydrogen-bond donors (Lipinski definition) is 1. The molecule has 0 aromatic rings. The fourth-order valence-electron chi connectivity index (χ4n) is 3.51. The Kier molecular flexibility index (Phi) is 25.2. The molecule has 0 aliphatic carbocycles. The zero-order valence-electron chi connectivity index (χ0n) is 21.2. The van der Waals surface area contributed by atoms with Crippen molar-refractivity contribution in [1.82, 2.24) is 0 Å². The predicted octanol–water partition coefficient (Wildman–Crippen LogP) is 7.69. The molecule has 1 atom stereocenters. The Hall–Kier alpha value is -1.13. The van der Waals surface area contributed by atoms with Gasteiger partial charge in [0.05, 0.1) is 13.2 Å². The largest absolute Gasteiger partial charge is 0.457 e. The van der Waals surface area contributed by atoms with Crippen molar-refractivity contribution in [3.63, 3.8) is 0 Å². The highest BCUT2D eigenvalue weighted by Crippen LogP contribution is 2.10. The quantitative estimate of drug-likeness (QED) is 0.0926. The molecule has 1 unspecified atom stereocenters. The molecule has 0 aromatic carbocycles. The Morgan fingerprint density at radius 1 is 0.750 bits per heavy atom. The van der Waals surface area contributed by atoms with Crippen LogP contribution in [0.15, 0.2) is 24.3 Å². The van der Waals surface area contributed by atoms with Crippen molar-refractivity contribution in [3.8, 4) is 0 Å². The average Bonchev–Trinajstić information content (AvgIpc) is 2.79. The van der Waals surface area contributed by atoms with Crippen LogP contribution in [0.2, 0.25) is 0 Å². The first kappa shape index (κ1) is 30.9. The number of ether oxygens (including phenoxy) is 2. The number of aliphatic hydroxyl groups excluding tert-OH is 1. The van der Waals surface area contributed by atoms with E-state index in [1.54, 1.807) is 0 Å². The van der Waals surface area contributed by atoms with E-state index in [-0.39, 0.29) is 19.2 Å². The van der Waals surface area contributed by atoms with Gasteiger partial charge in [-0.1, -0.05) is 95.9 Å². The first-order chi connectivity index (χ1) is 15.7. The summed E-state index contributed by atoms with van der Waals surface area (Å²) in [6.07, 6.45) is 28.9. The highest BCUT2D eigenvalue weighted by molar-refractivity contribution is 5.69. The molecule has 188 valence electrons. The van der Waals surface area contributed by atoms with Crippen molar-refractivity contribution in [2.75, 3.05) is 19.8 Å². The van der Waals surface area contributed by atoms with Crippen LogP contribution in [0.25, 0.3) is 0 Å². The molecule has 0 saturated heterocycles. The van der Waals surface area contributed by atoms with Crippen LogP contribution in [0.1, 0.15) is 123 Å². The van der Waals surface area contributed by atoms with Gasteiger partial charge in [0.25, 0.3) is 0 Å². The van der Waals surface area contributed by atoms with Crippen LogP contribution in [0.4, 0.5) is 0 Å². The molecule has 0 rings (SSSR count). The minimum atomic E-state index is -0.527. The third kappa shape index (κ3) is 23.5. The second-order valence-corrected chi connectivity index (χ2v) is 8.76. The normalized spacial score (nSPS) is 12.7. The monoisotopic (exact) mass is 452 g/mol. The van der Waals surface area contributed by atoms with Crippen LogP contribution in [0.5, 0.6) is 0 Å². The van der Waals surface area contributed by atoms with E-state index in [2.05, 4.69) is 31.2 Å². The maximum Gasteiger partial charge on any atom is 0.306 e. The van der Waals surface area contributed by atoms with Gasteiger partial charge in [-0.25, -0.2) is 0 Å². The van der Waals surface area contributed by atoms with E-state index >= 15 is 0 Å². The lowest BCUT2D eigenvalue weighted by molar-refractivity contribution is -0.154. The summed E-state index contributed by atoms with van der Waals surface area (Å²) in [4.78, 5) is 11.4. The lowest BCUT2D eigenvalue weighted by atomic mass is 10.1. The minimum absolute atomic E-state index is 0.179. The molecule has 0 aliphatic heterocycles. The highest BCUT2D eigenvalue weighted by Gasteiger charge is 2.12. The SMILES string of the molecule is CCCCCC/C=C\C/C=C\CCCCCCCCCCOCC(CO)OC(=O)CCC. The van der Waals surface area contributed by atoms with Gasteiger partial charge < -0.3 is 14.6 Å². The van der Waals surface area contributed by atoms with Gasteiger partial charge in [0, 0.05) is 13.0 Å². The van der Waals surface area contributed by atoms with Crippen LogP contribution >= 0.6 is 0 Å². The van der Waals surface area contributed by atoms with E-state index in [4.69, 9.17) is 9.47 Å². The topological polar surface area (TPSA) is 55.8 Å². The fourth-order valence-corrected chi connectivity index (χ4v) is 3.51. The molecule has 1 N–H and O–H groups in total. The molecule has 4 nitrogen and oxygen atoms in total. The molecule has 0 bridgehead atoms. The predicted molar refractivity (Wildman–Crippen MR) is 136 cm³/mol. The summed E-state index contributed by atoms with van der Waals surface area (Å²) in [5.74, 6) is -0.258. The molecule has 32 heavy (non-hydrogen) atoms. The Morgan fingerprint density at radius 3 is 1.88 bits per heavy atom. The summed E-state index contributed by atoms with van der Waals surface area (Å²) in [5.41, 5.74) is 0. The summed E-state index contributed by atoms with van der Waals surface area (Å²) < 4.78 is 10.7. The molecule has 0 aliphatic rings. The van der Waals surface area contributed by atoms with Crippen LogP contribution in [-0.4, -0.2) is 37.0 Å². The van der Waals surface area contributed by atoms with Gasteiger partial charge in [0.15, 0.2) is 0 Å². The average molecular weight is 453 g/mol. The number of unbranched alkanes of at least 4 members (excludes halogenated alkanes) is 12. The number of esters is 1. The Labute approximate surface area is 198 Å². The molecule has 4 heteroatoms. The molecular weight excluding hydrogens is 400 g/mol. The molecule has 0 radical (unpaired) electrons. The lowest BCUT2D eigenvalue weighted by Crippen LogP contribution is -2.27. The first-order valence-electron chi connectivity index (χ1n) is 13.4. The Morgan fingerprint density at radius 2 is 1.31 bits per heavy atom. The Balaban J connectivity index is 3.32. The first-order valence-corrected chi connectivity index (χ1v) is 13.4. The van der Waals surface area contributed by atoms with E-state index in [9.17, 15) is 9.90 Å². The number of carbonyl (C=O) groups is 1.